The summed E-state index contributed by atoms with van der Waals surface area (Å²) in [6, 6.07) is 45.8. The van der Waals surface area contributed by atoms with E-state index in [-0.39, 0.29) is 20.1 Å². The zero-order chi connectivity index (χ0) is 24.2. The van der Waals surface area contributed by atoms with Crippen LogP contribution in [0.1, 0.15) is 0 Å². The Hall–Kier alpha value is -4.40. The van der Waals surface area contributed by atoms with Crippen LogP contribution in [0.3, 0.4) is 0 Å². The maximum Gasteiger partial charge on any atom is 0.499 e. The van der Waals surface area contributed by atoms with Gasteiger partial charge in [0.25, 0.3) is 12.4 Å². The monoisotopic (exact) mass is 656 g/mol. The van der Waals surface area contributed by atoms with Crippen molar-refractivity contribution in [2.75, 3.05) is 0 Å². The molecule has 0 spiro atoms. The Morgan fingerprint density at radius 3 is 2.30 bits per heavy atom. The first-order valence-electron chi connectivity index (χ1n) is 11.6. The van der Waals surface area contributed by atoms with E-state index in [2.05, 4.69) is 35.3 Å². The van der Waals surface area contributed by atoms with Gasteiger partial charge in [0.15, 0.2) is 0 Å². The van der Waals surface area contributed by atoms with Crippen molar-refractivity contribution < 1.29 is 33.7 Å². The van der Waals surface area contributed by atoms with E-state index in [1.165, 1.54) is 0 Å². The first-order chi connectivity index (χ1) is 17.8. The van der Waals surface area contributed by atoms with E-state index in [4.69, 9.17) is 4.42 Å². The van der Waals surface area contributed by atoms with Gasteiger partial charge >= 0.3 is 6.01 Å². The van der Waals surface area contributed by atoms with Crippen molar-refractivity contribution in [2.24, 2.45) is 0 Å². The third-order valence-corrected chi connectivity index (χ3v) is 5.81. The number of nitrogens with zero attached hydrogens (tertiary/aromatic N) is 3. The number of fused-ring (bicyclic) bond motifs is 3. The number of aromatic nitrogens is 1. The molecule has 3 heterocycles. The van der Waals surface area contributed by atoms with Crippen LogP contribution in [0.25, 0.3) is 33.2 Å². The quantitative estimate of drug-likeness (QED) is 0.146. The van der Waals surface area contributed by atoms with Crippen molar-refractivity contribution >= 4 is 39.3 Å². The molecule has 0 fully saturated rings. The fourth-order valence-corrected chi connectivity index (χ4v) is 4.04. The summed E-state index contributed by atoms with van der Waals surface area (Å²) in [5.74, 6) is 0. The summed E-state index contributed by atoms with van der Waals surface area (Å²) in [7, 11) is 0. The second kappa shape index (κ2) is 11.1. The Bertz CT molecular complexity index is 1710. The van der Waals surface area contributed by atoms with Gasteiger partial charge in [0, 0.05) is 44.0 Å². The Morgan fingerprint density at radius 1 is 0.703 bits per heavy atom. The SMILES string of the molecule is C1=[N+](c2[c-]c3oc4ccccc4c3cc2)C=C[N+]=1c1ccccc1.[Ir].[c-]1ccccc1-c1ccccn1. The second-order valence-electron chi connectivity index (χ2n) is 8.15. The topological polar surface area (TPSA) is 32.0 Å². The van der Waals surface area contributed by atoms with Crippen LogP contribution in [0.2, 0.25) is 0 Å². The standard InChI is InChI=1S/C21H13N2O.C11H8N.Ir/c1-2-6-16(7-3-1)22-12-13-23(15-22)17-10-11-19-18-8-4-5-9-20(18)24-21(19)14-17;1-2-6-10(7-3-1)11-8-4-5-9-12-11;/h1-13H;1-6,8-9H;/q+1;-1;. The van der Waals surface area contributed by atoms with E-state index in [0.717, 1.165) is 44.6 Å². The Morgan fingerprint density at radius 2 is 1.49 bits per heavy atom. The van der Waals surface area contributed by atoms with Gasteiger partial charge in [-0.2, -0.15) is 6.07 Å². The van der Waals surface area contributed by atoms with Gasteiger partial charge in [0.1, 0.15) is 11.3 Å². The van der Waals surface area contributed by atoms with Gasteiger partial charge in [-0.3, -0.25) is 0 Å². The molecular formula is C32H21IrN3O. The molecule has 0 saturated heterocycles. The molecule has 37 heavy (non-hydrogen) atoms. The minimum atomic E-state index is 0. The summed E-state index contributed by atoms with van der Waals surface area (Å²) >= 11 is 0. The van der Waals surface area contributed by atoms with Gasteiger partial charge in [-0.1, -0.05) is 75.2 Å². The fourth-order valence-electron chi connectivity index (χ4n) is 4.04. The predicted molar refractivity (Wildman–Crippen MR) is 141 cm³/mol. The van der Waals surface area contributed by atoms with Crippen LogP contribution in [0.4, 0.5) is 11.4 Å². The van der Waals surface area contributed by atoms with E-state index in [1.54, 1.807) is 6.20 Å². The third kappa shape index (κ3) is 5.25. The molecule has 1 aliphatic heterocycles. The number of benzene rings is 4. The molecule has 1 aliphatic rings. The molecule has 0 aliphatic carbocycles. The first kappa shape index (κ1) is 24.3. The van der Waals surface area contributed by atoms with Crippen LogP contribution in [-0.4, -0.2) is 20.1 Å². The molecule has 0 atom stereocenters. The van der Waals surface area contributed by atoms with E-state index in [9.17, 15) is 0 Å². The number of hydrogen-bond donors (Lipinski definition) is 0. The number of furan rings is 1. The van der Waals surface area contributed by atoms with E-state index in [1.807, 2.05) is 119 Å². The minimum absolute atomic E-state index is 0. The fraction of sp³-hybridized carbons (Fsp3) is 0. The zero-order valence-electron chi connectivity index (χ0n) is 19.7. The smallest absolute Gasteiger partial charge is 0.483 e. The summed E-state index contributed by atoms with van der Waals surface area (Å²) in [5.41, 5.74) is 5.63. The summed E-state index contributed by atoms with van der Waals surface area (Å²) in [6.45, 7) is 0. The second-order valence-corrected chi connectivity index (χ2v) is 8.15. The normalized spacial score (nSPS) is 11.9. The van der Waals surface area contributed by atoms with Gasteiger partial charge in [0.2, 0.25) is 5.69 Å². The van der Waals surface area contributed by atoms with Crippen molar-refractivity contribution in [3.8, 4) is 11.3 Å². The Kier molecular flexibility index (Phi) is 7.30. The van der Waals surface area contributed by atoms with Crippen LogP contribution in [-0.2, 0) is 20.1 Å². The summed E-state index contributed by atoms with van der Waals surface area (Å²) < 4.78 is 9.79. The molecule has 6 aromatic rings. The molecule has 0 N–H and O–H groups in total. The maximum absolute atomic E-state index is 5.92. The van der Waals surface area contributed by atoms with Crippen LogP contribution >= 0.6 is 0 Å². The summed E-state index contributed by atoms with van der Waals surface area (Å²) in [6.07, 6.45) is 5.73. The molecule has 4 aromatic carbocycles. The third-order valence-electron chi connectivity index (χ3n) is 5.81. The Labute approximate surface area is 228 Å². The molecule has 179 valence electrons. The van der Waals surface area contributed by atoms with Crippen molar-refractivity contribution in [1.82, 2.24) is 4.98 Å². The molecule has 0 unspecified atom stereocenters. The van der Waals surface area contributed by atoms with Gasteiger partial charge in [-0.25, -0.2) is 0 Å². The molecule has 1 radical (unpaired) electrons. The van der Waals surface area contributed by atoms with Gasteiger partial charge < -0.3 is 9.40 Å². The first-order valence-corrected chi connectivity index (χ1v) is 11.6. The van der Waals surface area contributed by atoms with Crippen LogP contribution in [0.15, 0.2) is 132 Å². The van der Waals surface area contributed by atoms with E-state index in [0.29, 0.717) is 0 Å². The van der Waals surface area contributed by atoms with Crippen LogP contribution < -0.4 is 0 Å². The van der Waals surface area contributed by atoms with Gasteiger partial charge in [-0.05, 0) is 23.2 Å². The molecule has 0 bridgehead atoms. The van der Waals surface area contributed by atoms with Crippen molar-refractivity contribution in [3.63, 3.8) is 0 Å². The van der Waals surface area contributed by atoms with Gasteiger partial charge in [-0.15, -0.1) is 35.9 Å². The van der Waals surface area contributed by atoms with Crippen molar-refractivity contribution in [1.29, 1.82) is 0 Å². The van der Waals surface area contributed by atoms with Crippen LogP contribution in [0, 0.1) is 12.1 Å². The van der Waals surface area contributed by atoms with E-state index >= 15 is 0 Å². The molecular weight excluding hydrogens is 635 g/mol. The van der Waals surface area contributed by atoms with Gasteiger partial charge in [0.05, 0.1) is 0 Å². The molecule has 2 aromatic heterocycles. The van der Waals surface area contributed by atoms with E-state index < -0.39 is 0 Å². The summed E-state index contributed by atoms with van der Waals surface area (Å²) in [5, 5.41) is 2.20. The zero-order valence-corrected chi connectivity index (χ0v) is 22.1. The average Bonchev–Trinajstić information content (AvgIpc) is 3.60. The van der Waals surface area contributed by atoms with Crippen LogP contribution in [0.5, 0.6) is 0 Å². The average molecular weight is 656 g/mol. The van der Waals surface area contributed by atoms with Crippen molar-refractivity contribution in [2.45, 2.75) is 0 Å². The minimum Gasteiger partial charge on any atom is -0.483 e. The largest absolute Gasteiger partial charge is 0.499 e. The number of para-hydroxylation sites is 2. The number of rotatable bonds is 3. The Balaban J connectivity index is 0.000000183. The van der Waals surface area contributed by atoms with Crippen molar-refractivity contribution in [3.05, 3.63) is 140 Å². The number of pyridine rings is 1. The molecule has 7 rings (SSSR count). The summed E-state index contributed by atoms with van der Waals surface area (Å²) in [4.78, 5) is 4.22. The molecule has 5 heteroatoms. The molecule has 4 nitrogen and oxygen atoms in total. The predicted octanol–water partition coefficient (Wildman–Crippen LogP) is 7.58. The maximum atomic E-state index is 5.92. The number of hydrogen-bond acceptors (Lipinski definition) is 2. The molecule has 0 amide bonds. The molecule has 0 saturated carbocycles.